The summed E-state index contributed by atoms with van der Waals surface area (Å²) < 4.78 is 34.8. The van der Waals surface area contributed by atoms with Crippen LogP contribution in [0.3, 0.4) is 0 Å². The van der Waals surface area contributed by atoms with Gasteiger partial charge < -0.3 is 18.9 Å². The molecule has 0 saturated carbocycles. The van der Waals surface area contributed by atoms with Gasteiger partial charge in [0.25, 0.3) is 0 Å². The third-order valence-electron chi connectivity index (χ3n) is 15.8. The third-order valence-corrected chi connectivity index (χ3v) is 16.8. The summed E-state index contributed by atoms with van der Waals surface area (Å²) in [6, 6.07) is 0. The molecule has 0 aliphatic carbocycles. The van der Waals surface area contributed by atoms with E-state index in [9.17, 15) is 19.0 Å². The van der Waals surface area contributed by atoms with Crippen LogP contribution in [0.1, 0.15) is 284 Å². The monoisotopic (exact) mass is 1370 g/mol. The molecule has 0 heterocycles. The number of carbonyl (C=O) groups excluding carboxylic acids is 2. The number of allylic oxidation sites excluding steroid dienone is 34. The van der Waals surface area contributed by atoms with Crippen LogP contribution in [0.2, 0.25) is 0 Å². The number of hydrogen-bond acceptors (Lipinski definition) is 7. The maximum atomic E-state index is 12.9. The van der Waals surface area contributed by atoms with Gasteiger partial charge in [0.05, 0.1) is 27.7 Å². The molecule has 10 heteroatoms. The van der Waals surface area contributed by atoms with Crippen LogP contribution in [0, 0.1) is 0 Å². The molecule has 1 N–H and O–H groups in total. The molecule has 0 aromatic carbocycles. The highest BCUT2D eigenvalue weighted by molar-refractivity contribution is 7.47. The van der Waals surface area contributed by atoms with Crippen molar-refractivity contribution in [1.29, 1.82) is 0 Å². The van der Waals surface area contributed by atoms with Crippen molar-refractivity contribution in [1.82, 2.24) is 0 Å². The van der Waals surface area contributed by atoms with Gasteiger partial charge in [0.2, 0.25) is 0 Å². The molecule has 0 rings (SSSR count). The van der Waals surface area contributed by atoms with E-state index in [0.717, 1.165) is 154 Å². The standard InChI is InChI=1S/C88H142NO8P/c1-6-8-10-12-14-16-18-20-22-24-26-28-30-32-34-36-38-40-42-43-44-45-47-49-51-53-55-57-59-61-63-65-67-69-71-73-75-77-79-81-88(91)97-86(85-96-98(92,93)95-83-82-89(3,4)5)84-94-87(90)80-78-76-74-72-70-68-66-64-62-60-58-56-54-52-50-48-46-41-39-37-35-33-31-29-27-25-23-21-19-17-15-13-11-9-7-2/h8-11,14-17,20-23,26-29,32-35,38-41,43-44,47-50,53,55,59,61,86H,6-7,12-13,18-19,24-25,30-31,36-37,42,45-46,51-52,54,56-58,60,62-85H2,1-5H3/p+1/b10-8-,11-9-,16-14-,17-15-,22-20-,23-21-,28-26-,29-27-,34-32-,35-33-,40-38-,41-39-,44-43-,49-47-,50-48-,55-53-,61-59-. The van der Waals surface area contributed by atoms with E-state index in [1.54, 1.807) is 0 Å². The quantitative estimate of drug-likeness (QED) is 0.0211. The minimum Gasteiger partial charge on any atom is -0.462 e. The number of carbonyl (C=O) groups is 2. The van der Waals surface area contributed by atoms with Crippen molar-refractivity contribution < 1.29 is 42.1 Å². The average Bonchev–Trinajstić information content (AvgIpc) is 1.23. The Kier molecular flexibility index (Phi) is 71.6. The predicted octanol–water partition coefficient (Wildman–Crippen LogP) is 26.2. The van der Waals surface area contributed by atoms with E-state index < -0.39 is 26.5 Å². The Morgan fingerprint density at radius 2 is 0.551 bits per heavy atom. The second kappa shape index (κ2) is 75.8. The zero-order chi connectivity index (χ0) is 71.1. The molecule has 0 aromatic rings. The lowest BCUT2D eigenvalue weighted by atomic mass is 10.0. The first-order chi connectivity index (χ1) is 48.0. The molecule has 2 unspecified atom stereocenters. The maximum Gasteiger partial charge on any atom is 0.472 e. The van der Waals surface area contributed by atoms with E-state index >= 15 is 0 Å². The van der Waals surface area contributed by atoms with Crippen molar-refractivity contribution in [3.8, 4) is 0 Å². The molecule has 0 spiro atoms. The second-order valence-electron chi connectivity index (χ2n) is 26.3. The van der Waals surface area contributed by atoms with E-state index in [2.05, 4.69) is 220 Å². The molecule has 0 aliphatic rings. The Morgan fingerprint density at radius 1 is 0.316 bits per heavy atom. The third kappa shape index (κ3) is 79.6. The number of phosphoric ester groups is 1. The van der Waals surface area contributed by atoms with Gasteiger partial charge in [0.1, 0.15) is 19.8 Å². The van der Waals surface area contributed by atoms with Crippen LogP contribution in [-0.4, -0.2) is 74.9 Å². The summed E-state index contributed by atoms with van der Waals surface area (Å²) in [6.07, 6.45) is 119. The minimum absolute atomic E-state index is 0.0199. The number of quaternary nitrogens is 1. The van der Waals surface area contributed by atoms with Crippen LogP contribution in [-0.2, 0) is 32.7 Å². The maximum absolute atomic E-state index is 12.9. The largest absolute Gasteiger partial charge is 0.472 e. The number of phosphoric acid groups is 1. The van der Waals surface area contributed by atoms with Crippen molar-refractivity contribution in [2.75, 3.05) is 47.5 Å². The molecule has 9 nitrogen and oxygen atoms in total. The molecule has 0 bridgehead atoms. The van der Waals surface area contributed by atoms with Crippen LogP contribution >= 0.6 is 7.82 Å². The second-order valence-corrected chi connectivity index (χ2v) is 27.7. The van der Waals surface area contributed by atoms with Gasteiger partial charge in [-0.15, -0.1) is 0 Å². The van der Waals surface area contributed by atoms with Gasteiger partial charge in [-0.1, -0.05) is 330 Å². The zero-order valence-corrected chi connectivity index (χ0v) is 63.8. The Balaban J connectivity index is 4.11. The van der Waals surface area contributed by atoms with Gasteiger partial charge >= 0.3 is 19.8 Å². The predicted molar refractivity (Wildman–Crippen MR) is 426 cm³/mol. The van der Waals surface area contributed by atoms with Gasteiger partial charge in [-0.2, -0.15) is 0 Å². The highest BCUT2D eigenvalue weighted by atomic mass is 31.2. The lowest BCUT2D eigenvalue weighted by Crippen LogP contribution is -2.37. The molecule has 0 aliphatic heterocycles. The highest BCUT2D eigenvalue weighted by Gasteiger charge is 2.27. The summed E-state index contributed by atoms with van der Waals surface area (Å²) in [5.74, 6) is -0.817. The number of nitrogens with zero attached hydrogens (tertiary/aromatic N) is 1. The van der Waals surface area contributed by atoms with Crippen LogP contribution in [0.4, 0.5) is 0 Å². The molecular weight excluding hydrogens is 1230 g/mol. The fourth-order valence-corrected chi connectivity index (χ4v) is 10.7. The molecular formula is C88H143NO8P+. The first-order valence-corrected chi connectivity index (χ1v) is 40.3. The number of ether oxygens (including phenoxy) is 2. The van der Waals surface area contributed by atoms with Crippen LogP contribution in [0.15, 0.2) is 207 Å². The molecule has 0 radical (unpaired) electrons. The molecule has 0 amide bonds. The molecule has 0 saturated heterocycles. The lowest BCUT2D eigenvalue weighted by Gasteiger charge is -2.24. The molecule has 98 heavy (non-hydrogen) atoms. The molecule has 552 valence electrons. The summed E-state index contributed by atoms with van der Waals surface area (Å²) in [5.41, 5.74) is 0. The van der Waals surface area contributed by atoms with Gasteiger partial charge in [0.15, 0.2) is 6.10 Å². The number of unbranched alkanes of at least 4 members (excludes halogenated alkanes) is 21. The molecule has 2 atom stereocenters. The first kappa shape index (κ1) is 92.6. The Labute approximate surface area is 602 Å². The van der Waals surface area contributed by atoms with Crippen molar-refractivity contribution in [2.24, 2.45) is 0 Å². The van der Waals surface area contributed by atoms with E-state index in [4.69, 9.17) is 18.5 Å². The summed E-state index contributed by atoms with van der Waals surface area (Å²) in [6.45, 7) is 4.18. The van der Waals surface area contributed by atoms with Crippen molar-refractivity contribution in [2.45, 2.75) is 290 Å². The number of likely N-dealkylation sites (N-methyl/N-ethyl adjacent to an activating group) is 1. The summed E-state index contributed by atoms with van der Waals surface area (Å²) in [4.78, 5) is 36.0. The fraction of sp³-hybridized carbons (Fsp3) is 0.591. The topological polar surface area (TPSA) is 108 Å². The summed E-state index contributed by atoms with van der Waals surface area (Å²) in [5, 5.41) is 0. The Bertz CT molecular complexity index is 2410. The van der Waals surface area contributed by atoms with E-state index in [1.165, 1.54) is 96.3 Å². The zero-order valence-electron chi connectivity index (χ0n) is 62.9. The lowest BCUT2D eigenvalue weighted by molar-refractivity contribution is -0.870. The van der Waals surface area contributed by atoms with Crippen LogP contribution in [0.5, 0.6) is 0 Å². The van der Waals surface area contributed by atoms with Crippen molar-refractivity contribution >= 4 is 19.8 Å². The smallest absolute Gasteiger partial charge is 0.462 e. The minimum atomic E-state index is -4.41. The SMILES string of the molecule is CC/C=C\C/C=C\C/C=C\C/C=C\C/C=C\C/C=C\C/C=C\C/C=C\C/C=C\C/C=C\CCCCCCCCCCC(=O)OC(COC(=O)CCCCCCCCCCCCCCC/C=C\C/C=C\C/C=C\C/C=C\C/C=C\C/C=C\C/C=C\CC)COP(=O)(O)OCC[N+](C)(C)C. The van der Waals surface area contributed by atoms with E-state index in [-0.39, 0.29) is 32.0 Å². The Hall–Kier alpha value is -5.41. The number of rotatable bonds is 69. The normalized spacial score (nSPS) is 14.2. The average molecular weight is 1370 g/mol. The van der Waals surface area contributed by atoms with Gasteiger partial charge in [-0.25, -0.2) is 4.57 Å². The van der Waals surface area contributed by atoms with Crippen molar-refractivity contribution in [3.63, 3.8) is 0 Å². The van der Waals surface area contributed by atoms with E-state index in [1.807, 2.05) is 21.1 Å². The van der Waals surface area contributed by atoms with Gasteiger partial charge in [-0.3, -0.25) is 18.6 Å². The van der Waals surface area contributed by atoms with Gasteiger partial charge in [-0.05, 0) is 148 Å². The van der Waals surface area contributed by atoms with Crippen molar-refractivity contribution in [3.05, 3.63) is 207 Å². The van der Waals surface area contributed by atoms with Crippen LogP contribution in [0.25, 0.3) is 0 Å². The van der Waals surface area contributed by atoms with Gasteiger partial charge in [0, 0.05) is 12.8 Å². The summed E-state index contributed by atoms with van der Waals surface area (Å²) in [7, 11) is 1.45. The van der Waals surface area contributed by atoms with E-state index in [0.29, 0.717) is 17.4 Å². The van der Waals surface area contributed by atoms with Crippen LogP contribution < -0.4 is 0 Å². The highest BCUT2D eigenvalue weighted by Crippen LogP contribution is 2.43. The fourth-order valence-electron chi connectivity index (χ4n) is 9.97. The number of hydrogen-bond donors (Lipinski definition) is 1. The molecule has 0 fully saturated rings. The number of esters is 2. The molecule has 0 aromatic heterocycles. The Morgan fingerprint density at radius 3 is 0.816 bits per heavy atom. The first-order valence-electron chi connectivity index (χ1n) is 38.8. The summed E-state index contributed by atoms with van der Waals surface area (Å²) >= 11 is 0.